The van der Waals surface area contributed by atoms with Crippen molar-refractivity contribution in [1.29, 1.82) is 0 Å². The van der Waals surface area contributed by atoms with E-state index in [2.05, 4.69) is 74.1 Å². The number of fused-ring (bicyclic) bond motifs is 1. The van der Waals surface area contributed by atoms with Crippen molar-refractivity contribution in [1.82, 2.24) is 14.9 Å². The third-order valence-electron chi connectivity index (χ3n) is 6.19. The van der Waals surface area contributed by atoms with E-state index < -0.39 is 0 Å². The number of hydrogen-bond acceptors (Lipinski definition) is 5. The van der Waals surface area contributed by atoms with E-state index in [4.69, 9.17) is 4.98 Å². The van der Waals surface area contributed by atoms with Crippen molar-refractivity contribution >= 4 is 27.9 Å². The second-order valence-corrected chi connectivity index (χ2v) is 11.3. The molecule has 4 nitrogen and oxygen atoms in total. The monoisotopic (exact) mass is 422 g/mol. The molecule has 3 heterocycles. The highest BCUT2D eigenvalue weighted by molar-refractivity contribution is 7.13. The minimum absolute atomic E-state index is 0.0176. The van der Waals surface area contributed by atoms with E-state index in [0.29, 0.717) is 11.3 Å². The maximum atomic E-state index is 4.71. The molecule has 5 heteroatoms. The lowest BCUT2D eigenvalue weighted by Crippen LogP contribution is -2.47. The first-order valence-electron chi connectivity index (χ1n) is 11.0. The Bertz CT molecular complexity index is 980. The van der Waals surface area contributed by atoms with Gasteiger partial charge in [-0.1, -0.05) is 32.9 Å². The summed E-state index contributed by atoms with van der Waals surface area (Å²) >= 11 is 1.67. The zero-order valence-corrected chi connectivity index (χ0v) is 19.7. The lowest BCUT2D eigenvalue weighted by Gasteiger charge is -2.42. The number of rotatable bonds is 5. The molecule has 1 N–H and O–H groups in total. The Kier molecular flexibility index (Phi) is 5.86. The Morgan fingerprint density at radius 1 is 1.03 bits per heavy atom. The van der Waals surface area contributed by atoms with E-state index in [1.165, 1.54) is 53.7 Å². The Balaban J connectivity index is 1.46. The van der Waals surface area contributed by atoms with Gasteiger partial charge in [0.05, 0.1) is 10.4 Å². The molecule has 1 saturated heterocycles. The van der Waals surface area contributed by atoms with Crippen LogP contribution in [0.2, 0.25) is 0 Å². The maximum absolute atomic E-state index is 4.71. The molecule has 0 spiro atoms. The van der Waals surface area contributed by atoms with Gasteiger partial charge in [-0.2, -0.15) is 0 Å². The van der Waals surface area contributed by atoms with Gasteiger partial charge in [0, 0.05) is 29.9 Å². The predicted molar refractivity (Wildman–Crippen MR) is 129 cm³/mol. The first kappa shape index (κ1) is 21.3. The van der Waals surface area contributed by atoms with Gasteiger partial charge in [0.25, 0.3) is 0 Å². The summed E-state index contributed by atoms with van der Waals surface area (Å²) in [4.78, 5) is 12.7. The Hall–Kier alpha value is -1.98. The van der Waals surface area contributed by atoms with Crippen LogP contribution in [-0.2, 0) is 0 Å². The van der Waals surface area contributed by atoms with Crippen LogP contribution in [0.4, 0.5) is 5.82 Å². The molecule has 3 aromatic rings. The second-order valence-electron chi connectivity index (χ2n) is 10.5. The normalized spacial score (nSPS) is 16.8. The summed E-state index contributed by atoms with van der Waals surface area (Å²) in [5.74, 6) is 1.61. The number of thiazole rings is 1. The summed E-state index contributed by atoms with van der Waals surface area (Å²) in [6.45, 7) is 15.2. The van der Waals surface area contributed by atoms with Crippen molar-refractivity contribution in [2.45, 2.75) is 53.0 Å². The molecule has 1 aliphatic rings. The molecule has 0 unspecified atom stereocenters. The van der Waals surface area contributed by atoms with Crippen LogP contribution in [0.5, 0.6) is 0 Å². The Morgan fingerprint density at radius 2 is 1.80 bits per heavy atom. The van der Waals surface area contributed by atoms with Gasteiger partial charge < -0.3 is 10.2 Å². The van der Waals surface area contributed by atoms with Crippen molar-refractivity contribution in [3.05, 3.63) is 42.2 Å². The lowest BCUT2D eigenvalue weighted by atomic mass is 9.79. The molecule has 1 aromatic carbocycles. The molecule has 30 heavy (non-hydrogen) atoms. The number of benzene rings is 1. The molecular formula is C25H34N4S. The van der Waals surface area contributed by atoms with Crippen molar-refractivity contribution in [3.8, 4) is 10.4 Å². The van der Waals surface area contributed by atoms with Gasteiger partial charge in [0.15, 0.2) is 0 Å². The van der Waals surface area contributed by atoms with Crippen LogP contribution in [-0.4, -0.2) is 40.0 Å². The molecule has 1 fully saturated rings. The fourth-order valence-corrected chi connectivity index (χ4v) is 5.26. The summed E-state index contributed by atoms with van der Waals surface area (Å²) < 4.78 is 0. The van der Waals surface area contributed by atoms with Crippen LogP contribution in [0.1, 0.15) is 47.5 Å². The molecule has 0 atom stereocenters. The number of aromatic nitrogens is 2. The Morgan fingerprint density at radius 3 is 2.47 bits per heavy atom. The van der Waals surface area contributed by atoms with Crippen molar-refractivity contribution in [3.63, 3.8) is 0 Å². The van der Waals surface area contributed by atoms with Crippen LogP contribution < -0.4 is 5.32 Å². The third-order valence-corrected chi connectivity index (χ3v) is 7.02. The minimum atomic E-state index is 0.0176. The summed E-state index contributed by atoms with van der Waals surface area (Å²) in [5, 5.41) is 6.14. The number of hydrogen-bond donors (Lipinski definition) is 1. The topological polar surface area (TPSA) is 41.0 Å². The molecular weight excluding hydrogens is 388 g/mol. The average molecular weight is 423 g/mol. The zero-order valence-electron chi connectivity index (χ0n) is 18.9. The molecule has 0 saturated carbocycles. The average Bonchev–Trinajstić information content (AvgIpc) is 3.21. The van der Waals surface area contributed by atoms with E-state index in [-0.39, 0.29) is 5.54 Å². The molecule has 0 bridgehead atoms. The van der Waals surface area contributed by atoms with Gasteiger partial charge in [0.1, 0.15) is 5.82 Å². The molecule has 2 aromatic heterocycles. The number of piperidine rings is 1. The SMILES string of the molecule is CC(C)(C)CN1CCC(C(C)(C)Nc2cc3cc(-c4cncs4)ccc3cn2)CC1. The van der Waals surface area contributed by atoms with E-state index in [1.807, 2.05) is 17.9 Å². The molecule has 0 aliphatic carbocycles. The van der Waals surface area contributed by atoms with Gasteiger partial charge in [-0.25, -0.2) is 4.98 Å². The summed E-state index contributed by atoms with van der Waals surface area (Å²) in [7, 11) is 0. The van der Waals surface area contributed by atoms with Gasteiger partial charge in [-0.15, -0.1) is 11.3 Å². The van der Waals surface area contributed by atoms with Crippen LogP contribution in [0.25, 0.3) is 21.2 Å². The third kappa shape index (κ3) is 5.01. The summed E-state index contributed by atoms with van der Waals surface area (Å²) in [6.07, 6.45) is 6.38. The van der Waals surface area contributed by atoms with E-state index in [0.717, 1.165) is 5.82 Å². The van der Waals surface area contributed by atoms with Crippen molar-refractivity contribution in [2.24, 2.45) is 11.3 Å². The highest BCUT2D eigenvalue weighted by Gasteiger charge is 2.33. The smallest absolute Gasteiger partial charge is 0.126 e. The first-order chi connectivity index (χ1) is 14.2. The lowest BCUT2D eigenvalue weighted by molar-refractivity contribution is 0.116. The molecule has 1 aliphatic heterocycles. The molecule has 0 radical (unpaired) electrons. The second kappa shape index (κ2) is 8.27. The fourth-order valence-electron chi connectivity index (χ4n) is 4.64. The maximum Gasteiger partial charge on any atom is 0.126 e. The number of anilines is 1. The number of nitrogens with zero attached hydrogens (tertiary/aromatic N) is 3. The highest BCUT2D eigenvalue weighted by atomic mass is 32.1. The van der Waals surface area contributed by atoms with E-state index >= 15 is 0 Å². The number of nitrogens with one attached hydrogen (secondary N) is 1. The van der Waals surface area contributed by atoms with Crippen LogP contribution in [0.15, 0.2) is 42.2 Å². The van der Waals surface area contributed by atoms with Gasteiger partial charge in [-0.3, -0.25) is 4.98 Å². The van der Waals surface area contributed by atoms with Crippen LogP contribution in [0, 0.1) is 11.3 Å². The summed E-state index contributed by atoms with van der Waals surface area (Å²) in [6, 6.07) is 8.74. The molecule has 160 valence electrons. The summed E-state index contributed by atoms with van der Waals surface area (Å²) in [5.41, 5.74) is 3.49. The molecule has 0 amide bonds. The number of likely N-dealkylation sites (tertiary alicyclic amines) is 1. The van der Waals surface area contributed by atoms with E-state index in [1.54, 1.807) is 11.3 Å². The Labute approximate surface area is 184 Å². The fraction of sp³-hybridized carbons (Fsp3) is 0.520. The highest BCUT2D eigenvalue weighted by Crippen LogP contribution is 2.33. The first-order valence-corrected chi connectivity index (χ1v) is 11.9. The predicted octanol–water partition coefficient (Wildman–Crippen LogP) is 6.31. The standard InChI is InChI=1S/C25H34N4S/c1-24(2,3)16-29-10-8-21(9-11-29)25(4,5)28-23-13-20-12-18(22-15-26-17-30-22)6-7-19(20)14-27-23/h6-7,12-15,17,21H,8-11,16H2,1-5H3,(H,27,28). The van der Waals surface area contributed by atoms with Gasteiger partial charge in [-0.05, 0) is 74.2 Å². The van der Waals surface area contributed by atoms with Crippen LogP contribution >= 0.6 is 11.3 Å². The van der Waals surface area contributed by atoms with Crippen molar-refractivity contribution in [2.75, 3.05) is 25.0 Å². The van der Waals surface area contributed by atoms with Crippen molar-refractivity contribution < 1.29 is 0 Å². The quantitative estimate of drug-likeness (QED) is 0.523. The zero-order chi connectivity index (χ0) is 21.4. The number of pyridine rings is 1. The van der Waals surface area contributed by atoms with E-state index in [9.17, 15) is 0 Å². The van der Waals surface area contributed by atoms with Gasteiger partial charge in [0.2, 0.25) is 0 Å². The minimum Gasteiger partial charge on any atom is -0.365 e. The van der Waals surface area contributed by atoms with Crippen LogP contribution in [0.3, 0.4) is 0 Å². The molecule has 4 rings (SSSR count). The largest absolute Gasteiger partial charge is 0.365 e. The van der Waals surface area contributed by atoms with Gasteiger partial charge >= 0.3 is 0 Å².